The van der Waals surface area contributed by atoms with Gasteiger partial charge in [-0.3, -0.25) is 9.89 Å². The van der Waals surface area contributed by atoms with Gasteiger partial charge in [0.25, 0.3) is 0 Å². The Bertz CT molecular complexity index is 665. The van der Waals surface area contributed by atoms with Crippen molar-refractivity contribution >= 4 is 35.0 Å². The summed E-state index contributed by atoms with van der Waals surface area (Å²) in [6, 6.07) is 5.72. The lowest BCUT2D eigenvalue weighted by molar-refractivity contribution is -0.120. The molecule has 2 heterocycles. The molecule has 0 bridgehead atoms. The number of nitrogens with one attached hydrogen (secondary N) is 3. The van der Waals surface area contributed by atoms with Gasteiger partial charge in [-0.05, 0) is 51.4 Å². The molecule has 1 saturated heterocycles. The van der Waals surface area contributed by atoms with Crippen LogP contribution in [0, 0.1) is 5.92 Å². The molecule has 0 radical (unpaired) electrons. The van der Waals surface area contributed by atoms with E-state index in [0.29, 0.717) is 5.82 Å². The zero-order chi connectivity index (χ0) is 15.5. The number of rotatable bonds is 4. The molecule has 1 atom stereocenters. The van der Waals surface area contributed by atoms with Gasteiger partial charge in [0, 0.05) is 11.9 Å². The lowest BCUT2D eigenvalue weighted by Crippen LogP contribution is -2.37. The van der Waals surface area contributed by atoms with Crippen molar-refractivity contribution < 1.29 is 9.53 Å². The summed E-state index contributed by atoms with van der Waals surface area (Å²) < 4.78 is 5.70. The van der Waals surface area contributed by atoms with Crippen LogP contribution in [0.4, 0.5) is 5.82 Å². The average molecular weight is 339 g/mol. The van der Waals surface area contributed by atoms with Gasteiger partial charge in [-0.2, -0.15) is 5.10 Å². The number of fused-ring (bicyclic) bond motifs is 1. The van der Waals surface area contributed by atoms with E-state index in [4.69, 9.17) is 4.74 Å². The number of hydrogen-bond donors (Lipinski definition) is 3. The summed E-state index contributed by atoms with van der Waals surface area (Å²) in [7, 11) is 0. The number of ether oxygens (including phenoxy) is 1. The molecule has 0 saturated carbocycles. The zero-order valence-corrected chi connectivity index (χ0v) is 14.2. The zero-order valence-electron chi connectivity index (χ0n) is 13.4. The van der Waals surface area contributed by atoms with Crippen LogP contribution in [0.15, 0.2) is 18.2 Å². The van der Waals surface area contributed by atoms with E-state index in [9.17, 15) is 4.79 Å². The first-order chi connectivity index (χ1) is 10.6. The number of carbonyl (C=O) groups is 1. The number of H-pyrrole nitrogens is 1. The second-order valence-corrected chi connectivity index (χ2v) is 5.98. The number of aromatic amines is 1. The third-order valence-electron chi connectivity index (χ3n) is 3.82. The smallest absolute Gasteiger partial charge is 0.229 e. The molecule has 1 aliphatic rings. The summed E-state index contributed by atoms with van der Waals surface area (Å²) in [4.78, 5) is 12.3. The van der Waals surface area contributed by atoms with Crippen LogP contribution in [-0.4, -0.2) is 35.3 Å². The summed E-state index contributed by atoms with van der Waals surface area (Å²) in [5.41, 5.74) is 0.883. The Morgan fingerprint density at radius 2 is 2.26 bits per heavy atom. The number of anilines is 1. The lowest BCUT2D eigenvalue weighted by atomic mass is 9.99. The van der Waals surface area contributed by atoms with Crippen molar-refractivity contribution in [1.82, 2.24) is 15.5 Å². The molecule has 1 aromatic carbocycles. The summed E-state index contributed by atoms with van der Waals surface area (Å²) >= 11 is 0. The Morgan fingerprint density at radius 3 is 2.96 bits per heavy atom. The minimum Gasteiger partial charge on any atom is -0.491 e. The second kappa shape index (κ2) is 7.66. The molecular weight excluding hydrogens is 316 g/mol. The number of halogens is 1. The third kappa shape index (κ3) is 4.14. The number of benzene rings is 1. The quantitative estimate of drug-likeness (QED) is 0.801. The Kier molecular flexibility index (Phi) is 5.85. The minimum absolute atomic E-state index is 0. The highest BCUT2D eigenvalue weighted by molar-refractivity contribution is 6.00. The van der Waals surface area contributed by atoms with E-state index in [1.54, 1.807) is 0 Å². The Labute approximate surface area is 141 Å². The van der Waals surface area contributed by atoms with Gasteiger partial charge >= 0.3 is 0 Å². The molecule has 3 N–H and O–H groups in total. The van der Waals surface area contributed by atoms with Crippen LogP contribution in [0.2, 0.25) is 0 Å². The molecule has 1 aliphatic heterocycles. The van der Waals surface area contributed by atoms with Crippen LogP contribution < -0.4 is 15.4 Å². The van der Waals surface area contributed by atoms with Crippen molar-refractivity contribution in [1.29, 1.82) is 0 Å². The monoisotopic (exact) mass is 338 g/mol. The number of amides is 1. The molecule has 0 unspecified atom stereocenters. The molecule has 6 nitrogen and oxygen atoms in total. The summed E-state index contributed by atoms with van der Waals surface area (Å²) in [5.74, 6) is 1.38. The molecule has 3 rings (SSSR count). The van der Waals surface area contributed by atoms with E-state index >= 15 is 0 Å². The fourth-order valence-electron chi connectivity index (χ4n) is 2.73. The Morgan fingerprint density at radius 1 is 1.43 bits per heavy atom. The standard InChI is InChI=1S/C16H22N4O2.ClH/c1-10(2)22-12-5-6-14-13(8-12)15(20-19-14)18-16(21)11-4-3-7-17-9-11;/h5-6,8,10-11,17H,3-4,7,9H2,1-2H3,(H2,18,19,20,21);1H/t11-;/m1./s1. The topological polar surface area (TPSA) is 79.0 Å². The number of aromatic nitrogens is 2. The molecule has 126 valence electrons. The summed E-state index contributed by atoms with van der Waals surface area (Å²) in [6.07, 6.45) is 2.06. The number of hydrogen-bond acceptors (Lipinski definition) is 4. The molecule has 1 amide bonds. The minimum atomic E-state index is 0. The van der Waals surface area contributed by atoms with Crippen molar-refractivity contribution in [3.63, 3.8) is 0 Å². The highest BCUT2D eigenvalue weighted by Gasteiger charge is 2.22. The van der Waals surface area contributed by atoms with Crippen molar-refractivity contribution in [2.45, 2.75) is 32.8 Å². The second-order valence-electron chi connectivity index (χ2n) is 5.98. The normalized spacial score (nSPS) is 17.8. The van der Waals surface area contributed by atoms with Gasteiger partial charge in [-0.1, -0.05) is 0 Å². The van der Waals surface area contributed by atoms with Crippen molar-refractivity contribution in [2.24, 2.45) is 5.92 Å². The van der Waals surface area contributed by atoms with E-state index < -0.39 is 0 Å². The predicted octanol–water partition coefficient (Wildman–Crippen LogP) is 2.71. The van der Waals surface area contributed by atoms with Gasteiger partial charge in [0.1, 0.15) is 5.75 Å². The molecule has 0 spiro atoms. The van der Waals surface area contributed by atoms with E-state index in [0.717, 1.165) is 42.6 Å². The lowest BCUT2D eigenvalue weighted by Gasteiger charge is -2.21. The molecular formula is C16H23ClN4O2. The maximum atomic E-state index is 12.3. The molecule has 1 fully saturated rings. The van der Waals surface area contributed by atoms with Gasteiger partial charge in [0.15, 0.2) is 5.82 Å². The van der Waals surface area contributed by atoms with Gasteiger partial charge in [0.2, 0.25) is 5.91 Å². The maximum Gasteiger partial charge on any atom is 0.229 e. The molecule has 0 aliphatic carbocycles. The average Bonchev–Trinajstić information content (AvgIpc) is 2.90. The number of piperidine rings is 1. The highest BCUT2D eigenvalue weighted by atomic mass is 35.5. The summed E-state index contributed by atoms with van der Waals surface area (Å²) in [5, 5.41) is 14.2. The van der Waals surface area contributed by atoms with Gasteiger partial charge in [0.05, 0.1) is 17.5 Å². The molecule has 7 heteroatoms. The van der Waals surface area contributed by atoms with Crippen molar-refractivity contribution in [3.05, 3.63) is 18.2 Å². The molecule has 23 heavy (non-hydrogen) atoms. The van der Waals surface area contributed by atoms with E-state index in [1.165, 1.54) is 0 Å². The SMILES string of the molecule is CC(C)Oc1ccc2[nH]nc(NC(=O)[C@@H]3CCCNC3)c2c1.Cl. The predicted molar refractivity (Wildman–Crippen MR) is 93.3 cm³/mol. The van der Waals surface area contributed by atoms with Crippen LogP contribution in [0.1, 0.15) is 26.7 Å². The van der Waals surface area contributed by atoms with Gasteiger partial charge in [-0.25, -0.2) is 0 Å². The van der Waals surface area contributed by atoms with Crippen molar-refractivity contribution in [3.8, 4) is 5.75 Å². The Balaban J connectivity index is 0.00000192. The first kappa shape index (κ1) is 17.6. The highest BCUT2D eigenvalue weighted by Crippen LogP contribution is 2.26. The first-order valence-corrected chi connectivity index (χ1v) is 7.80. The van der Waals surface area contributed by atoms with E-state index in [2.05, 4.69) is 20.8 Å². The Hall–Kier alpha value is -1.79. The van der Waals surface area contributed by atoms with Crippen LogP contribution in [0.5, 0.6) is 5.75 Å². The van der Waals surface area contributed by atoms with Crippen LogP contribution in [-0.2, 0) is 4.79 Å². The van der Waals surface area contributed by atoms with Crippen molar-refractivity contribution in [2.75, 3.05) is 18.4 Å². The third-order valence-corrected chi connectivity index (χ3v) is 3.82. The first-order valence-electron chi connectivity index (χ1n) is 7.80. The fraction of sp³-hybridized carbons (Fsp3) is 0.500. The maximum absolute atomic E-state index is 12.3. The van der Waals surface area contributed by atoms with E-state index in [1.807, 2.05) is 32.0 Å². The van der Waals surface area contributed by atoms with Gasteiger partial charge in [-0.15, -0.1) is 12.4 Å². The summed E-state index contributed by atoms with van der Waals surface area (Å²) in [6.45, 7) is 5.69. The fourth-order valence-corrected chi connectivity index (χ4v) is 2.73. The number of carbonyl (C=O) groups excluding carboxylic acids is 1. The van der Waals surface area contributed by atoms with Crippen LogP contribution in [0.25, 0.3) is 10.9 Å². The number of nitrogens with zero attached hydrogens (tertiary/aromatic N) is 1. The van der Waals surface area contributed by atoms with E-state index in [-0.39, 0.29) is 30.3 Å². The van der Waals surface area contributed by atoms with Crippen LogP contribution in [0.3, 0.4) is 0 Å². The molecule has 1 aromatic heterocycles. The molecule has 2 aromatic rings. The van der Waals surface area contributed by atoms with Crippen LogP contribution >= 0.6 is 12.4 Å². The largest absolute Gasteiger partial charge is 0.491 e. The van der Waals surface area contributed by atoms with Gasteiger partial charge < -0.3 is 15.4 Å².